The van der Waals surface area contributed by atoms with E-state index in [0.717, 1.165) is 16.2 Å². The number of fused-ring (bicyclic) bond motifs is 4. The van der Waals surface area contributed by atoms with Gasteiger partial charge in [-0.15, -0.1) is 0 Å². The number of amides is 2. The highest BCUT2D eigenvalue weighted by molar-refractivity contribution is 6.21. The van der Waals surface area contributed by atoms with E-state index in [1.165, 1.54) is 12.1 Å². The number of aryl methyl sites for hydroxylation is 1. The minimum Gasteiger partial charge on any atom is -0.448 e. The summed E-state index contributed by atoms with van der Waals surface area (Å²) in [5, 5.41) is 3.09. The van der Waals surface area contributed by atoms with Crippen molar-refractivity contribution in [1.82, 2.24) is 5.06 Å². The van der Waals surface area contributed by atoms with Gasteiger partial charge in [-0.3, -0.25) is 9.59 Å². The highest BCUT2D eigenvalue weighted by Gasteiger charge is 2.39. The van der Waals surface area contributed by atoms with Gasteiger partial charge in [-0.2, -0.15) is 0 Å². The van der Waals surface area contributed by atoms with Crippen molar-refractivity contribution in [3.63, 3.8) is 0 Å². The zero-order valence-corrected chi connectivity index (χ0v) is 14.8. The molecular formula is C22H13NO5. The van der Waals surface area contributed by atoms with Gasteiger partial charge < -0.3 is 9.25 Å². The Labute approximate surface area is 158 Å². The van der Waals surface area contributed by atoms with Gasteiger partial charge in [-0.1, -0.05) is 53.6 Å². The standard InChI is InChI=1S/C22H13NO5/c1-12-14-11-10-13-6-2-3-7-15(13)19(14)27-18(12)22(26)28-23-20(24)16-8-4-5-9-17(16)21(23)25/h2-11H,1H3. The molecule has 0 fully saturated rings. The first-order valence-corrected chi connectivity index (χ1v) is 8.67. The molecule has 1 aliphatic heterocycles. The Morgan fingerprint density at radius 1 is 0.857 bits per heavy atom. The SMILES string of the molecule is Cc1c(C(=O)ON2C(=O)c3ccccc3C2=O)oc2c1ccc1ccccc12. The largest absolute Gasteiger partial charge is 0.448 e. The van der Waals surface area contributed by atoms with E-state index in [-0.39, 0.29) is 16.9 Å². The van der Waals surface area contributed by atoms with Crippen molar-refractivity contribution in [2.24, 2.45) is 0 Å². The highest BCUT2D eigenvalue weighted by Crippen LogP contribution is 2.32. The van der Waals surface area contributed by atoms with Crippen LogP contribution in [-0.4, -0.2) is 22.8 Å². The fourth-order valence-corrected chi connectivity index (χ4v) is 3.52. The first kappa shape index (κ1) is 16.3. The monoisotopic (exact) mass is 371 g/mol. The summed E-state index contributed by atoms with van der Waals surface area (Å²) in [6.07, 6.45) is 0. The summed E-state index contributed by atoms with van der Waals surface area (Å²) in [7, 11) is 0. The van der Waals surface area contributed by atoms with Gasteiger partial charge in [-0.05, 0) is 24.4 Å². The average Bonchev–Trinajstić information content (AvgIpc) is 3.18. The number of benzene rings is 3. The van der Waals surface area contributed by atoms with Crippen LogP contribution < -0.4 is 0 Å². The Morgan fingerprint density at radius 3 is 2.21 bits per heavy atom. The lowest BCUT2D eigenvalue weighted by molar-refractivity contribution is -0.0602. The van der Waals surface area contributed by atoms with Gasteiger partial charge in [-0.25, -0.2) is 4.79 Å². The Balaban J connectivity index is 1.54. The molecule has 2 heterocycles. The van der Waals surface area contributed by atoms with E-state index < -0.39 is 17.8 Å². The number of hydroxylamine groups is 2. The van der Waals surface area contributed by atoms with Gasteiger partial charge >= 0.3 is 5.97 Å². The first-order valence-electron chi connectivity index (χ1n) is 8.67. The van der Waals surface area contributed by atoms with Gasteiger partial charge in [0.05, 0.1) is 11.1 Å². The molecule has 1 aliphatic rings. The molecule has 28 heavy (non-hydrogen) atoms. The summed E-state index contributed by atoms with van der Waals surface area (Å²) in [6, 6.07) is 17.8. The molecule has 0 bridgehead atoms. The molecule has 1 aromatic heterocycles. The van der Waals surface area contributed by atoms with Gasteiger partial charge in [0, 0.05) is 16.3 Å². The summed E-state index contributed by atoms with van der Waals surface area (Å²) in [6.45, 7) is 1.74. The zero-order chi connectivity index (χ0) is 19.4. The topological polar surface area (TPSA) is 76.8 Å². The van der Waals surface area contributed by atoms with Gasteiger partial charge in [0.2, 0.25) is 5.76 Å². The second-order valence-electron chi connectivity index (χ2n) is 6.55. The van der Waals surface area contributed by atoms with Crippen molar-refractivity contribution in [2.45, 2.75) is 6.92 Å². The van der Waals surface area contributed by atoms with E-state index in [1.807, 2.05) is 36.4 Å². The molecule has 0 atom stereocenters. The Bertz CT molecular complexity index is 1280. The molecule has 0 N–H and O–H groups in total. The van der Waals surface area contributed by atoms with E-state index in [0.29, 0.717) is 16.2 Å². The third-order valence-electron chi connectivity index (χ3n) is 4.94. The van der Waals surface area contributed by atoms with E-state index in [1.54, 1.807) is 19.1 Å². The van der Waals surface area contributed by atoms with Crippen LogP contribution in [0.1, 0.15) is 36.8 Å². The number of furan rings is 1. The number of carbonyl (C=O) groups is 3. The maximum atomic E-state index is 12.7. The lowest BCUT2D eigenvalue weighted by atomic mass is 10.1. The molecule has 0 unspecified atom stereocenters. The first-order chi connectivity index (χ1) is 13.6. The smallest absolute Gasteiger partial charge is 0.399 e. The van der Waals surface area contributed by atoms with Crippen molar-refractivity contribution >= 4 is 39.5 Å². The quantitative estimate of drug-likeness (QED) is 0.492. The molecule has 2 amide bonds. The molecule has 136 valence electrons. The highest BCUT2D eigenvalue weighted by atomic mass is 16.7. The predicted molar refractivity (Wildman–Crippen MR) is 101 cm³/mol. The van der Waals surface area contributed by atoms with Crippen molar-refractivity contribution in [3.05, 3.63) is 83.1 Å². The number of nitrogens with zero attached hydrogens (tertiary/aromatic N) is 1. The third kappa shape index (κ3) is 2.18. The molecule has 6 nitrogen and oxygen atoms in total. The van der Waals surface area contributed by atoms with Gasteiger partial charge in [0.15, 0.2) is 0 Å². The van der Waals surface area contributed by atoms with Crippen molar-refractivity contribution in [1.29, 1.82) is 0 Å². The number of hydrogen-bond acceptors (Lipinski definition) is 5. The van der Waals surface area contributed by atoms with Crippen LogP contribution in [0.25, 0.3) is 21.7 Å². The van der Waals surface area contributed by atoms with Crippen LogP contribution in [0, 0.1) is 6.92 Å². The summed E-state index contributed by atoms with van der Waals surface area (Å²) in [5.41, 5.74) is 1.55. The third-order valence-corrected chi connectivity index (χ3v) is 4.94. The number of rotatable bonds is 2. The maximum Gasteiger partial charge on any atom is 0.399 e. The predicted octanol–water partition coefficient (Wildman–Crippen LogP) is 4.26. The zero-order valence-electron chi connectivity index (χ0n) is 14.8. The summed E-state index contributed by atoms with van der Waals surface area (Å²) < 4.78 is 5.81. The van der Waals surface area contributed by atoms with E-state index in [2.05, 4.69) is 0 Å². The van der Waals surface area contributed by atoms with Gasteiger partial charge in [0.25, 0.3) is 11.8 Å². The molecule has 0 radical (unpaired) electrons. The van der Waals surface area contributed by atoms with E-state index in [9.17, 15) is 14.4 Å². The summed E-state index contributed by atoms with van der Waals surface area (Å²) in [5.74, 6) is -2.28. The van der Waals surface area contributed by atoms with E-state index >= 15 is 0 Å². The molecule has 6 heteroatoms. The molecule has 0 saturated carbocycles. The van der Waals surface area contributed by atoms with Crippen LogP contribution in [-0.2, 0) is 4.84 Å². The maximum absolute atomic E-state index is 12.7. The molecular weight excluding hydrogens is 358 g/mol. The Hall–Kier alpha value is -3.93. The number of hydrogen-bond donors (Lipinski definition) is 0. The van der Waals surface area contributed by atoms with Crippen LogP contribution in [0.15, 0.2) is 65.1 Å². The summed E-state index contributed by atoms with van der Waals surface area (Å²) in [4.78, 5) is 42.6. The van der Waals surface area contributed by atoms with Crippen molar-refractivity contribution < 1.29 is 23.6 Å². The second-order valence-corrected chi connectivity index (χ2v) is 6.55. The number of imide groups is 1. The lowest BCUT2D eigenvalue weighted by Crippen LogP contribution is -2.32. The van der Waals surface area contributed by atoms with Crippen molar-refractivity contribution in [2.75, 3.05) is 0 Å². The molecule has 0 aliphatic carbocycles. The molecule has 5 rings (SSSR count). The Kier molecular flexibility index (Phi) is 3.36. The lowest BCUT2D eigenvalue weighted by Gasteiger charge is -2.11. The van der Waals surface area contributed by atoms with Crippen LogP contribution in [0.5, 0.6) is 0 Å². The fourth-order valence-electron chi connectivity index (χ4n) is 3.52. The minimum atomic E-state index is -0.896. The fraction of sp³-hybridized carbons (Fsp3) is 0.0455. The second kappa shape index (κ2) is 5.79. The van der Waals surface area contributed by atoms with Gasteiger partial charge in [0.1, 0.15) is 5.58 Å². The summed E-state index contributed by atoms with van der Waals surface area (Å²) >= 11 is 0. The Morgan fingerprint density at radius 2 is 1.50 bits per heavy atom. The molecule has 0 saturated heterocycles. The molecule has 0 spiro atoms. The number of carbonyl (C=O) groups excluding carboxylic acids is 3. The normalized spacial score (nSPS) is 13.4. The van der Waals surface area contributed by atoms with E-state index in [4.69, 9.17) is 9.25 Å². The molecule has 3 aromatic carbocycles. The van der Waals surface area contributed by atoms with Crippen LogP contribution in [0.3, 0.4) is 0 Å². The molecule has 4 aromatic rings. The van der Waals surface area contributed by atoms with Crippen LogP contribution in [0.4, 0.5) is 0 Å². The van der Waals surface area contributed by atoms with Crippen molar-refractivity contribution in [3.8, 4) is 0 Å². The average molecular weight is 371 g/mol. The minimum absolute atomic E-state index is 0.0390. The van der Waals surface area contributed by atoms with Crippen LogP contribution in [0.2, 0.25) is 0 Å². The van der Waals surface area contributed by atoms with Crippen LogP contribution >= 0.6 is 0 Å².